The van der Waals surface area contributed by atoms with Gasteiger partial charge in [0.1, 0.15) is 18.2 Å². The lowest BCUT2D eigenvalue weighted by Gasteiger charge is -2.21. The molecule has 3 aromatic rings. The smallest absolute Gasteiger partial charge is 0.245 e. The van der Waals surface area contributed by atoms with Crippen LogP contribution in [-0.2, 0) is 11.2 Å². The maximum absolute atomic E-state index is 12.6. The van der Waals surface area contributed by atoms with Crippen molar-refractivity contribution in [1.82, 2.24) is 40.1 Å². The summed E-state index contributed by atoms with van der Waals surface area (Å²) < 4.78 is 3.43. The number of tetrazole rings is 1. The van der Waals surface area contributed by atoms with Crippen LogP contribution in [0.3, 0.4) is 0 Å². The van der Waals surface area contributed by atoms with E-state index in [0.717, 1.165) is 17.9 Å². The van der Waals surface area contributed by atoms with Gasteiger partial charge < -0.3 is 5.32 Å². The summed E-state index contributed by atoms with van der Waals surface area (Å²) in [4.78, 5) is 12.6. The second-order valence-corrected chi connectivity index (χ2v) is 5.71. The molecule has 0 bridgehead atoms. The van der Waals surface area contributed by atoms with Crippen LogP contribution in [0.2, 0.25) is 0 Å². The number of hydrogen-bond acceptors (Lipinski definition) is 6. The Hall–Kier alpha value is -2.84. The summed E-state index contributed by atoms with van der Waals surface area (Å²) in [6.07, 6.45) is 4.84. The molecule has 3 rings (SSSR count). The molecular weight excluding hydrogens is 308 g/mol. The number of nitrogens with zero attached hydrogens (tertiary/aromatic N) is 7. The molecule has 24 heavy (non-hydrogen) atoms. The van der Waals surface area contributed by atoms with Crippen molar-refractivity contribution in [3.8, 4) is 0 Å². The predicted octanol–water partition coefficient (Wildman–Crippen LogP) is 0.662. The number of amides is 1. The van der Waals surface area contributed by atoms with Crippen LogP contribution in [0.15, 0.2) is 30.7 Å². The number of aromatic nitrogens is 7. The number of rotatable bonds is 7. The second-order valence-electron chi connectivity index (χ2n) is 5.71. The lowest BCUT2D eigenvalue weighted by molar-refractivity contribution is -0.126. The van der Waals surface area contributed by atoms with E-state index < -0.39 is 6.04 Å². The number of pyridine rings is 1. The van der Waals surface area contributed by atoms with Gasteiger partial charge in [-0.05, 0) is 28.5 Å². The van der Waals surface area contributed by atoms with Crippen LogP contribution >= 0.6 is 0 Å². The van der Waals surface area contributed by atoms with Crippen molar-refractivity contribution in [3.05, 3.63) is 36.5 Å². The maximum atomic E-state index is 12.6. The van der Waals surface area contributed by atoms with Crippen molar-refractivity contribution in [2.75, 3.05) is 6.54 Å². The topological polar surface area (TPSA) is 103 Å². The molecule has 9 nitrogen and oxygen atoms in total. The third kappa shape index (κ3) is 3.24. The van der Waals surface area contributed by atoms with Gasteiger partial charge in [-0.1, -0.05) is 26.3 Å². The normalized spacial score (nSPS) is 13.8. The van der Waals surface area contributed by atoms with E-state index in [1.807, 2.05) is 42.6 Å². The minimum atomic E-state index is -0.417. The Morgan fingerprint density at radius 1 is 1.33 bits per heavy atom. The van der Waals surface area contributed by atoms with Gasteiger partial charge in [0.05, 0.1) is 0 Å². The fourth-order valence-electron chi connectivity index (χ4n) is 2.62. The number of hydrogen-bond donors (Lipinski definition) is 1. The third-order valence-electron chi connectivity index (χ3n) is 4.13. The van der Waals surface area contributed by atoms with E-state index in [1.165, 1.54) is 11.0 Å². The molecule has 0 saturated heterocycles. The second kappa shape index (κ2) is 7.16. The molecule has 2 unspecified atom stereocenters. The van der Waals surface area contributed by atoms with E-state index in [-0.39, 0.29) is 11.8 Å². The summed E-state index contributed by atoms with van der Waals surface area (Å²) in [6, 6.07) is 5.32. The lowest BCUT2D eigenvalue weighted by Crippen LogP contribution is -2.37. The van der Waals surface area contributed by atoms with Crippen LogP contribution in [-0.4, -0.2) is 47.3 Å². The molecule has 0 fully saturated rings. The molecule has 126 valence electrons. The Bertz CT molecular complexity index is 797. The largest absolute Gasteiger partial charge is 0.354 e. The van der Waals surface area contributed by atoms with Crippen LogP contribution in [0.5, 0.6) is 0 Å². The first-order chi connectivity index (χ1) is 11.7. The standard InChI is InChI=1S/C15H20N8O/c1-3-11(2)14(23-10-17-20-21-23)15(24)16-8-7-13-19-18-12-6-4-5-9-22(12)13/h4-6,9-11,14H,3,7-8H2,1-2H3,(H,16,24). The maximum Gasteiger partial charge on any atom is 0.245 e. The van der Waals surface area contributed by atoms with Crippen molar-refractivity contribution in [2.45, 2.75) is 32.7 Å². The molecule has 0 aliphatic rings. The average molecular weight is 328 g/mol. The highest BCUT2D eigenvalue weighted by atomic mass is 16.2. The zero-order chi connectivity index (χ0) is 16.9. The highest BCUT2D eigenvalue weighted by molar-refractivity contribution is 5.80. The molecule has 3 heterocycles. The van der Waals surface area contributed by atoms with Gasteiger partial charge in [-0.25, -0.2) is 4.68 Å². The molecule has 0 aliphatic heterocycles. The van der Waals surface area contributed by atoms with E-state index in [9.17, 15) is 4.79 Å². The fourth-order valence-corrected chi connectivity index (χ4v) is 2.62. The van der Waals surface area contributed by atoms with Gasteiger partial charge in [0, 0.05) is 19.2 Å². The van der Waals surface area contributed by atoms with Crippen LogP contribution < -0.4 is 5.32 Å². The molecule has 0 aliphatic carbocycles. The lowest BCUT2D eigenvalue weighted by atomic mass is 9.98. The molecule has 0 radical (unpaired) electrons. The predicted molar refractivity (Wildman–Crippen MR) is 86.0 cm³/mol. The highest BCUT2D eigenvalue weighted by Crippen LogP contribution is 2.19. The molecule has 0 spiro atoms. The number of fused-ring (bicyclic) bond motifs is 1. The zero-order valence-corrected chi connectivity index (χ0v) is 13.7. The minimum absolute atomic E-state index is 0.0922. The van der Waals surface area contributed by atoms with E-state index in [0.29, 0.717) is 13.0 Å². The van der Waals surface area contributed by atoms with Crippen LogP contribution in [0.4, 0.5) is 0 Å². The van der Waals surface area contributed by atoms with Crippen LogP contribution in [0.25, 0.3) is 5.65 Å². The fraction of sp³-hybridized carbons (Fsp3) is 0.467. The van der Waals surface area contributed by atoms with Gasteiger partial charge in [0.25, 0.3) is 0 Å². The van der Waals surface area contributed by atoms with Gasteiger partial charge in [0.2, 0.25) is 5.91 Å². The summed E-state index contributed by atoms with van der Waals surface area (Å²) in [5.74, 6) is 0.848. The van der Waals surface area contributed by atoms with Gasteiger partial charge in [-0.3, -0.25) is 9.20 Å². The SMILES string of the molecule is CCC(C)C(C(=O)NCCc1nnc2ccccn12)n1cnnn1. The Balaban J connectivity index is 1.63. The van der Waals surface area contributed by atoms with Crippen LogP contribution in [0, 0.1) is 5.92 Å². The van der Waals surface area contributed by atoms with Gasteiger partial charge in [-0.2, -0.15) is 0 Å². The summed E-state index contributed by atoms with van der Waals surface area (Å²) in [5, 5.41) is 22.3. The monoisotopic (exact) mass is 328 g/mol. The van der Waals surface area contributed by atoms with E-state index >= 15 is 0 Å². The average Bonchev–Trinajstić information content (AvgIpc) is 3.25. The van der Waals surface area contributed by atoms with E-state index in [2.05, 4.69) is 31.0 Å². The van der Waals surface area contributed by atoms with Crippen molar-refractivity contribution < 1.29 is 4.79 Å². The molecule has 3 aromatic heterocycles. The molecule has 0 aromatic carbocycles. The first-order valence-corrected chi connectivity index (χ1v) is 7.99. The quantitative estimate of drug-likeness (QED) is 0.683. The van der Waals surface area contributed by atoms with E-state index in [1.54, 1.807) is 0 Å². The number of carbonyl (C=O) groups is 1. The number of nitrogens with one attached hydrogen (secondary N) is 1. The molecule has 2 atom stereocenters. The van der Waals surface area contributed by atoms with Crippen molar-refractivity contribution in [1.29, 1.82) is 0 Å². The zero-order valence-electron chi connectivity index (χ0n) is 13.7. The third-order valence-corrected chi connectivity index (χ3v) is 4.13. The van der Waals surface area contributed by atoms with Gasteiger partial charge >= 0.3 is 0 Å². The first kappa shape index (κ1) is 16.0. The number of carbonyl (C=O) groups excluding carboxylic acids is 1. The van der Waals surface area contributed by atoms with Gasteiger partial charge in [0.15, 0.2) is 5.65 Å². The Morgan fingerprint density at radius 3 is 2.96 bits per heavy atom. The van der Waals surface area contributed by atoms with Crippen molar-refractivity contribution in [2.24, 2.45) is 5.92 Å². The Kier molecular flexibility index (Phi) is 4.78. The summed E-state index contributed by atoms with van der Waals surface area (Å²) in [5.41, 5.74) is 0.796. The summed E-state index contributed by atoms with van der Waals surface area (Å²) in [7, 11) is 0. The molecule has 9 heteroatoms. The minimum Gasteiger partial charge on any atom is -0.354 e. The van der Waals surface area contributed by atoms with Gasteiger partial charge in [-0.15, -0.1) is 15.3 Å². The molecule has 0 saturated carbocycles. The summed E-state index contributed by atoms with van der Waals surface area (Å²) >= 11 is 0. The molecular formula is C15H20N8O. The Labute approximate surface area is 139 Å². The molecule has 1 amide bonds. The van der Waals surface area contributed by atoms with E-state index in [4.69, 9.17) is 0 Å². The van der Waals surface area contributed by atoms with Crippen LogP contribution in [0.1, 0.15) is 32.1 Å². The first-order valence-electron chi connectivity index (χ1n) is 7.99. The Morgan fingerprint density at radius 2 is 2.21 bits per heavy atom. The summed E-state index contributed by atoms with van der Waals surface area (Å²) in [6.45, 7) is 4.53. The van der Waals surface area contributed by atoms with Crippen molar-refractivity contribution >= 4 is 11.6 Å². The molecule has 1 N–H and O–H groups in total. The van der Waals surface area contributed by atoms with Crippen molar-refractivity contribution in [3.63, 3.8) is 0 Å². The highest BCUT2D eigenvalue weighted by Gasteiger charge is 2.26.